The molecule has 15 heteroatoms. The second-order valence-corrected chi connectivity index (χ2v) is 12.1. The van der Waals surface area contributed by atoms with E-state index >= 15 is 0 Å². The topological polar surface area (TPSA) is 97.8 Å². The Morgan fingerprint density at radius 1 is 1.12 bits per heavy atom. The molecule has 1 aromatic heterocycles. The number of nitrogens with one attached hydrogen (secondary N) is 1. The normalized spacial score (nSPS) is 17.4. The van der Waals surface area contributed by atoms with E-state index in [9.17, 15) is 35.5 Å². The van der Waals surface area contributed by atoms with Crippen LogP contribution in [0.25, 0.3) is 10.2 Å². The monoisotopic (exact) mass is 620 g/mol. The van der Waals surface area contributed by atoms with Crippen LogP contribution in [-0.2, 0) is 23.1 Å². The fourth-order valence-electron chi connectivity index (χ4n) is 4.16. The van der Waals surface area contributed by atoms with Crippen LogP contribution < -0.4 is 14.2 Å². The summed E-state index contributed by atoms with van der Waals surface area (Å²) >= 11 is 7.35. The Labute approximate surface area is 233 Å². The predicted molar refractivity (Wildman–Crippen MR) is 138 cm³/mol. The first-order valence-electron chi connectivity index (χ1n) is 11.5. The molecule has 4 aromatic rings. The fraction of sp³-hybridized carbons (Fsp3) is 0.240. The largest absolute Gasteiger partial charge is 0.516 e. The number of anilines is 1. The molecule has 2 atom stereocenters. The van der Waals surface area contributed by atoms with Gasteiger partial charge in [-0.15, -0.1) is 11.3 Å². The lowest BCUT2D eigenvalue weighted by molar-refractivity contribution is -0.0429. The fourth-order valence-corrected chi connectivity index (χ4v) is 5.79. The third-order valence-corrected chi connectivity index (χ3v) is 8.60. The van der Waals surface area contributed by atoms with Crippen molar-refractivity contribution in [3.8, 4) is 11.5 Å². The number of aliphatic hydroxyl groups is 1. The minimum Gasteiger partial charge on any atom is -0.493 e. The van der Waals surface area contributed by atoms with Crippen LogP contribution in [0.3, 0.4) is 0 Å². The van der Waals surface area contributed by atoms with Crippen LogP contribution in [0, 0.1) is 17.6 Å². The first-order valence-corrected chi connectivity index (χ1v) is 14.2. The predicted octanol–water partition coefficient (Wildman–Crippen LogP) is 6.35. The molecule has 0 bridgehead atoms. The molecule has 7 nitrogen and oxygen atoms in total. The maximum absolute atomic E-state index is 13.5. The standard InChI is InChI=1S/C25H18ClF5N2O5S2/c26-17-3-1-14(33-40(35,36)25(29,30)31)6-12(17)5-13-10-38-21-4-2-15(7-16(21)24(13)34)37-11-23-32-20-8-18(27)19(28)9-22(20)39-23/h1-4,6-9,13,24,33-34H,5,10-11H2. The highest BCUT2D eigenvalue weighted by atomic mass is 35.5. The lowest BCUT2D eigenvalue weighted by atomic mass is 9.88. The van der Waals surface area contributed by atoms with E-state index in [0.717, 1.165) is 29.5 Å². The van der Waals surface area contributed by atoms with Gasteiger partial charge in [-0.2, -0.15) is 21.6 Å². The van der Waals surface area contributed by atoms with E-state index in [0.29, 0.717) is 37.9 Å². The number of hydrogen-bond acceptors (Lipinski definition) is 7. The number of nitrogens with zero attached hydrogens (tertiary/aromatic N) is 1. The minimum absolute atomic E-state index is 0.00200. The molecule has 0 fully saturated rings. The molecule has 1 aliphatic heterocycles. The molecule has 0 spiro atoms. The number of rotatable bonds is 7. The van der Waals surface area contributed by atoms with Crippen molar-refractivity contribution in [2.24, 2.45) is 5.92 Å². The Balaban J connectivity index is 1.30. The molecule has 3 aromatic carbocycles. The lowest BCUT2D eigenvalue weighted by Crippen LogP contribution is -2.30. The number of hydrogen-bond donors (Lipinski definition) is 2. The van der Waals surface area contributed by atoms with Gasteiger partial charge >= 0.3 is 15.5 Å². The molecular weight excluding hydrogens is 603 g/mol. The average molecular weight is 621 g/mol. The summed E-state index contributed by atoms with van der Waals surface area (Å²) in [7, 11) is -5.62. The first kappa shape index (κ1) is 28.3. The van der Waals surface area contributed by atoms with Gasteiger partial charge in [0.2, 0.25) is 0 Å². The zero-order valence-electron chi connectivity index (χ0n) is 20.0. The van der Waals surface area contributed by atoms with Crippen molar-refractivity contribution >= 4 is 48.9 Å². The minimum atomic E-state index is -5.62. The summed E-state index contributed by atoms with van der Waals surface area (Å²) in [4.78, 5) is 4.24. The van der Waals surface area contributed by atoms with Crippen LogP contribution in [-0.4, -0.2) is 30.6 Å². The smallest absolute Gasteiger partial charge is 0.493 e. The van der Waals surface area contributed by atoms with Crippen LogP contribution in [0.2, 0.25) is 5.02 Å². The van der Waals surface area contributed by atoms with Gasteiger partial charge in [0, 0.05) is 28.3 Å². The van der Waals surface area contributed by atoms with Crippen LogP contribution in [0.4, 0.5) is 27.6 Å². The molecule has 0 amide bonds. The second-order valence-electron chi connectivity index (χ2n) is 8.91. The molecule has 2 unspecified atom stereocenters. The number of ether oxygens (including phenoxy) is 2. The molecule has 1 aliphatic rings. The third-order valence-electron chi connectivity index (χ3n) is 6.12. The van der Waals surface area contributed by atoms with Crippen LogP contribution in [0.1, 0.15) is 22.2 Å². The van der Waals surface area contributed by atoms with E-state index in [4.69, 9.17) is 21.1 Å². The van der Waals surface area contributed by atoms with E-state index in [2.05, 4.69) is 4.98 Å². The van der Waals surface area contributed by atoms with Crippen molar-refractivity contribution < 1.29 is 45.0 Å². The first-order chi connectivity index (χ1) is 18.8. The quantitative estimate of drug-likeness (QED) is 0.234. The number of fused-ring (bicyclic) bond motifs is 2. The number of aliphatic hydroxyl groups excluding tert-OH is 1. The summed E-state index contributed by atoms with van der Waals surface area (Å²) in [6, 6.07) is 10.4. The molecule has 5 rings (SSSR count). The Kier molecular flexibility index (Phi) is 7.54. The average Bonchev–Trinajstić information content (AvgIpc) is 3.27. The molecule has 0 radical (unpaired) electrons. The Hall–Kier alpha value is -3.20. The SMILES string of the molecule is O=S(=O)(Nc1ccc(Cl)c(CC2COc3ccc(OCc4nc5cc(F)c(F)cc5s4)cc3C2O)c1)C(F)(F)F. The number of sulfonamides is 1. The maximum Gasteiger partial charge on any atom is 0.516 e. The number of thiazole rings is 1. The van der Waals surface area contributed by atoms with Gasteiger partial charge in [0.15, 0.2) is 11.6 Å². The van der Waals surface area contributed by atoms with E-state index in [1.54, 1.807) is 18.2 Å². The summed E-state index contributed by atoms with van der Waals surface area (Å²) < 4.78 is 102. The molecule has 0 saturated heterocycles. The zero-order chi connectivity index (χ0) is 28.8. The van der Waals surface area contributed by atoms with Gasteiger partial charge in [-0.1, -0.05) is 11.6 Å². The summed E-state index contributed by atoms with van der Waals surface area (Å²) in [6.45, 7) is 0.0556. The summed E-state index contributed by atoms with van der Waals surface area (Å²) in [6.07, 6.45) is -1.02. The Bertz CT molecular complexity index is 1660. The van der Waals surface area contributed by atoms with Gasteiger partial charge in [-0.25, -0.2) is 13.8 Å². The highest BCUT2D eigenvalue weighted by Gasteiger charge is 2.46. The van der Waals surface area contributed by atoms with Crippen LogP contribution in [0.15, 0.2) is 48.5 Å². The van der Waals surface area contributed by atoms with Gasteiger partial charge in [-0.3, -0.25) is 4.72 Å². The van der Waals surface area contributed by atoms with Crippen molar-refractivity contribution in [3.05, 3.63) is 81.3 Å². The Morgan fingerprint density at radius 3 is 2.62 bits per heavy atom. The van der Waals surface area contributed by atoms with E-state index in [1.807, 2.05) is 0 Å². The van der Waals surface area contributed by atoms with Gasteiger partial charge < -0.3 is 14.6 Å². The lowest BCUT2D eigenvalue weighted by Gasteiger charge is -2.31. The van der Waals surface area contributed by atoms with Crippen molar-refractivity contribution in [1.29, 1.82) is 0 Å². The van der Waals surface area contributed by atoms with E-state index in [1.165, 1.54) is 16.9 Å². The molecule has 212 valence electrons. The maximum atomic E-state index is 13.5. The van der Waals surface area contributed by atoms with Crippen molar-refractivity contribution in [1.82, 2.24) is 4.98 Å². The molecule has 40 heavy (non-hydrogen) atoms. The van der Waals surface area contributed by atoms with Crippen molar-refractivity contribution in [2.75, 3.05) is 11.3 Å². The van der Waals surface area contributed by atoms with Gasteiger partial charge in [-0.05, 0) is 54.4 Å². The molecular formula is C25H18ClF5N2O5S2. The van der Waals surface area contributed by atoms with Crippen LogP contribution >= 0.6 is 22.9 Å². The summed E-state index contributed by atoms with van der Waals surface area (Å²) in [5.74, 6) is -1.79. The number of alkyl halides is 3. The summed E-state index contributed by atoms with van der Waals surface area (Å²) in [5, 5.41) is 11.7. The second kappa shape index (κ2) is 10.7. The molecule has 2 N–H and O–H groups in total. The van der Waals surface area contributed by atoms with Crippen LogP contribution in [0.5, 0.6) is 11.5 Å². The zero-order valence-corrected chi connectivity index (χ0v) is 22.4. The van der Waals surface area contributed by atoms with Crippen molar-refractivity contribution in [3.63, 3.8) is 0 Å². The highest BCUT2D eigenvalue weighted by Crippen LogP contribution is 2.40. The van der Waals surface area contributed by atoms with Gasteiger partial charge in [0.1, 0.15) is 23.1 Å². The van der Waals surface area contributed by atoms with E-state index in [-0.39, 0.29) is 30.3 Å². The van der Waals surface area contributed by atoms with Gasteiger partial charge in [0.05, 0.1) is 22.9 Å². The molecule has 2 heterocycles. The van der Waals surface area contributed by atoms with E-state index < -0.39 is 39.2 Å². The highest BCUT2D eigenvalue weighted by molar-refractivity contribution is 7.93. The third kappa shape index (κ3) is 5.80. The molecule has 0 saturated carbocycles. The number of benzene rings is 3. The number of aromatic nitrogens is 1. The Morgan fingerprint density at radius 2 is 1.88 bits per heavy atom. The molecule has 0 aliphatic carbocycles. The summed E-state index contributed by atoms with van der Waals surface area (Å²) in [5.41, 5.74) is -4.83. The van der Waals surface area contributed by atoms with Crippen molar-refractivity contribution in [2.45, 2.75) is 24.6 Å². The van der Waals surface area contributed by atoms with Gasteiger partial charge in [0.25, 0.3) is 0 Å². The number of halogens is 6.